The van der Waals surface area contributed by atoms with Gasteiger partial charge in [0.2, 0.25) is 0 Å². The van der Waals surface area contributed by atoms with Crippen LogP contribution in [0.4, 0.5) is 0 Å². The van der Waals surface area contributed by atoms with E-state index in [2.05, 4.69) is 17.6 Å². The molecule has 0 N–H and O–H groups in total. The van der Waals surface area contributed by atoms with Crippen LogP contribution in [0.15, 0.2) is 19.0 Å². The molecule has 0 aliphatic rings. The predicted molar refractivity (Wildman–Crippen MR) is 41.2 cm³/mol. The third-order valence-electron chi connectivity index (χ3n) is 1.15. The zero-order valence-electron chi connectivity index (χ0n) is 5.62. The second kappa shape index (κ2) is 2.88. The van der Waals surface area contributed by atoms with Crippen molar-refractivity contribution in [1.29, 1.82) is 0 Å². The molecule has 0 unspecified atom stereocenters. The summed E-state index contributed by atoms with van der Waals surface area (Å²) in [6.45, 7) is 3.55. The Morgan fingerprint density at radius 1 is 1.90 bits per heavy atom. The van der Waals surface area contributed by atoms with E-state index in [0.717, 1.165) is 5.56 Å². The van der Waals surface area contributed by atoms with Crippen molar-refractivity contribution >= 4 is 6.20 Å². The predicted octanol–water partition coefficient (Wildman–Crippen LogP) is 1.16. The van der Waals surface area contributed by atoms with Crippen LogP contribution in [0.25, 0.3) is 6.20 Å². The van der Waals surface area contributed by atoms with Gasteiger partial charge in [-0.3, -0.25) is 0 Å². The summed E-state index contributed by atoms with van der Waals surface area (Å²) in [4.78, 5) is 0. The van der Waals surface area contributed by atoms with Crippen LogP contribution in [-0.2, 0) is 6.42 Å². The molecule has 1 heterocycles. The Morgan fingerprint density at radius 3 is 3.20 bits per heavy atom. The first-order valence-corrected chi connectivity index (χ1v) is 2.96. The smallest absolute Gasteiger partial charge is 0.0535 e. The SMILES string of the molecule is C#CCc1cnn(C=C)c1. The molecule has 2 heteroatoms. The van der Waals surface area contributed by atoms with Crippen LogP contribution < -0.4 is 0 Å². The first-order valence-electron chi connectivity index (χ1n) is 2.96. The zero-order valence-corrected chi connectivity index (χ0v) is 5.62. The third kappa shape index (κ3) is 1.26. The normalized spacial score (nSPS) is 8.70. The Morgan fingerprint density at radius 2 is 2.70 bits per heavy atom. The van der Waals surface area contributed by atoms with E-state index in [1.54, 1.807) is 17.1 Å². The summed E-state index contributed by atoms with van der Waals surface area (Å²) in [6.07, 6.45) is 10.9. The summed E-state index contributed by atoms with van der Waals surface area (Å²) in [5.41, 5.74) is 1.04. The number of hydrogen-bond acceptors (Lipinski definition) is 1. The van der Waals surface area contributed by atoms with Gasteiger partial charge in [0.1, 0.15) is 0 Å². The molecule has 1 aromatic rings. The second-order valence-electron chi connectivity index (χ2n) is 1.89. The van der Waals surface area contributed by atoms with Crippen molar-refractivity contribution in [2.24, 2.45) is 0 Å². The summed E-state index contributed by atoms with van der Waals surface area (Å²) in [6, 6.07) is 0. The zero-order chi connectivity index (χ0) is 7.40. The largest absolute Gasteiger partial charge is 0.249 e. The van der Waals surface area contributed by atoms with Crippen molar-refractivity contribution in [3.63, 3.8) is 0 Å². The molecular weight excluding hydrogens is 124 g/mol. The van der Waals surface area contributed by atoms with E-state index in [1.165, 1.54) is 0 Å². The number of terminal acetylenes is 1. The molecule has 0 saturated heterocycles. The Labute approximate surface area is 60.2 Å². The fourth-order valence-corrected chi connectivity index (χ4v) is 0.686. The number of nitrogens with zero attached hydrogens (tertiary/aromatic N) is 2. The fraction of sp³-hybridized carbons (Fsp3) is 0.125. The van der Waals surface area contributed by atoms with Gasteiger partial charge in [-0.05, 0) is 0 Å². The Hall–Kier alpha value is -1.49. The molecular formula is C8H8N2. The molecule has 0 fully saturated rings. The first kappa shape index (κ1) is 6.63. The summed E-state index contributed by atoms with van der Waals surface area (Å²) in [5, 5.41) is 3.96. The lowest BCUT2D eigenvalue weighted by Crippen LogP contribution is -1.82. The van der Waals surface area contributed by atoms with E-state index >= 15 is 0 Å². The Bertz CT molecular complexity index is 265. The van der Waals surface area contributed by atoms with E-state index < -0.39 is 0 Å². The average molecular weight is 132 g/mol. The lowest BCUT2D eigenvalue weighted by atomic mass is 10.3. The molecule has 0 aliphatic carbocycles. The number of aromatic nitrogens is 2. The fourth-order valence-electron chi connectivity index (χ4n) is 0.686. The minimum atomic E-state index is 0.633. The molecule has 0 aromatic carbocycles. The third-order valence-corrected chi connectivity index (χ3v) is 1.15. The molecule has 50 valence electrons. The molecule has 0 bridgehead atoms. The maximum absolute atomic E-state index is 5.10. The van der Waals surface area contributed by atoms with Crippen molar-refractivity contribution in [2.45, 2.75) is 6.42 Å². The van der Waals surface area contributed by atoms with Gasteiger partial charge in [0.25, 0.3) is 0 Å². The molecule has 1 aromatic heterocycles. The number of hydrogen-bond donors (Lipinski definition) is 0. The van der Waals surface area contributed by atoms with E-state index in [9.17, 15) is 0 Å². The van der Waals surface area contributed by atoms with Gasteiger partial charge in [0.15, 0.2) is 0 Å². The van der Waals surface area contributed by atoms with Crippen LogP contribution in [0.1, 0.15) is 5.56 Å². The molecule has 0 atom stereocenters. The molecule has 2 nitrogen and oxygen atoms in total. The maximum atomic E-state index is 5.10. The lowest BCUT2D eigenvalue weighted by molar-refractivity contribution is 0.936. The Kier molecular flexibility index (Phi) is 1.91. The topological polar surface area (TPSA) is 17.8 Å². The quantitative estimate of drug-likeness (QED) is 0.552. The highest BCUT2D eigenvalue weighted by molar-refractivity contribution is 5.20. The minimum absolute atomic E-state index is 0.633. The highest BCUT2D eigenvalue weighted by Crippen LogP contribution is 1.96. The lowest BCUT2D eigenvalue weighted by Gasteiger charge is -1.84. The van der Waals surface area contributed by atoms with Crippen LogP contribution in [-0.4, -0.2) is 9.78 Å². The van der Waals surface area contributed by atoms with E-state index in [1.807, 2.05) is 6.20 Å². The summed E-state index contributed by atoms with van der Waals surface area (Å²) in [7, 11) is 0. The van der Waals surface area contributed by atoms with Crippen LogP contribution in [0, 0.1) is 12.3 Å². The van der Waals surface area contributed by atoms with Gasteiger partial charge in [0, 0.05) is 24.4 Å². The van der Waals surface area contributed by atoms with Crippen molar-refractivity contribution < 1.29 is 0 Å². The number of rotatable bonds is 2. The van der Waals surface area contributed by atoms with Gasteiger partial charge in [-0.25, -0.2) is 4.68 Å². The monoisotopic (exact) mass is 132 g/mol. The van der Waals surface area contributed by atoms with Crippen LogP contribution in [0.2, 0.25) is 0 Å². The van der Waals surface area contributed by atoms with Gasteiger partial charge in [-0.15, -0.1) is 12.3 Å². The standard InChI is InChI=1S/C8H8N2/c1-3-5-8-6-9-10(4-2)7-8/h1,4,6-7H,2,5H2. The Balaban J connectivity index is 2.80. The minimum Gasteiger partial charge on any atom is -0.249 e. The van der Waals surface area contributed by atoms with Crippen LogP contribution >= 0.6 is 0 Å². The summed E-state index contributed by atoms with van der Waals surface area (Å²) < 4.78 is 1.63. The van der Waals surface area contributed by atoms with Gasteiger partial charge in [0.05, 0.1) is 6.20 Å². The van der Waals surface area contributed by atoms with Crippen molar-refractivity contribution in [3.8, 4) is 12.3 Å². The highest BCUT2D eigenvalue weighted by atomic mass is 15.2. The summed E-state index contributed by atoms with van der Waals surface area (Å²) in [5.74, 6) is 2.53. The van der Waals surface area contributed by atoms with Gasteiger partial charge in [-0.1, -0.05) is 6.58 Å². The second-order valence-corrected chi connectivity index (χ2v) is 1.89. The molecule has 0 aliphatic heterocycles. The van der Waals surface area contributed by atoms with Gasteiger partial charge < -0.3 is 0 Å². The summed E-state index contributed by atoms with van der Waals surface area (Å²) >= 11 is 0. The van der Waals surface area contributed by atoms with E-state index in [4.69, 9.17) is 6.42 Å². The van der Waals surface area contributed by atoms with Gasteiger partial charge in [-0.2, -0.15) is 5.10 Å². The van der Waals surface area contributed by atoms with Crippen LogP contribution in [0.5, 0.6) is 0 Å². The van der Waals surface area contributed by atoms with Crippen LogP contribution in [0.3, 0.4) is 0 Å². The van der Waals surface area contributed by atoms with E-state index in [-0.39, 0.29) is 0 Å². The maximum Gasteiger partial charge on any atom is 0.0535 e. The molecule has 0 saturated carbocycles. The van der Waals surface area contributed by atoms with Gasteiger partial charge >= 0.3 is 0 Å². The highest BCUT2D eigenvalue weighted by Gasteiger charge is 1.91. The average Bonchev–Trinajstić information content (AvgIpc) is 2.37. The molecule has 10 heavy (non-hydrogen) atoms. The van der Waals surface area contributed by atoms with E-state index in [0.29, 0.717) is 6.42 Å². The molecule has 0 spiro atoms. The first-order chi connectivity index (χ1) is 4.86. The molecule has 0 radical (unpaired) electrons. The van der Waals surface area contributed by atoms with Crippen molar-refractivity contribution in [1.82, 2.24) is 9.78 Å². The van der Waals surface area contributed by atoms with Crippen molar-refractivity contribution in [2.75, 3.05) is 0 Å². The molecule has 1 rings (SSSR count). The molecule has 0 amide bonds. The van der Waals surface area contributed by atoms with Crippen molar-refractivity contribution in [3.05, 3.63) is 24.5 Å².